The normalized spacial score (nSPS) is 26.2. The lowest BCUT2D eigenvalue weighted by molar-refractivity contribution is -0.122. The summed E-state index contributed by atoms with van der Waals surface area (Å²) in [7, 11) is 0. The molecule has 2 nitrogen and oxygen atoms in total. The number of rotatable bonds is 1. The van der Waals surface area contributed by atoms with Crippen LogP contribution in [-0.4, -0.2) is 11.9 Å². The van der Waals surface area contributed by atoms with Crippen LogP contribution in [0.4, 0.5) is 5.69 Å². The summed E-state index contributed by atoms with van der Waals surface area (Å²) in [6.07, 6.45) is 8.28. The van der Waals surface area contributed by atoms with Gasteiger partial charge in [0, 0.05) is 17.6 Å². The van der Waals surface area contributed by atoms with Crippen LogP contribution in [0.1, 0.15) is 31.7 Å². The van der Waals surface area contributed by atoms with Gasteiger partial charge in [0.1, 0.15) is 0 Å². The third-order valence-electron chi connectivity index (χ3n) is 4.06. The average Bonchev–Trinajstić information content (AvgIpc) is 2.75. The monoisotopic (exact) mass is 241 g/mol. The first-order chi connectivity index (χ1) is 8.77. The highest BCUT2D eigenvalue weighted by Crippen LogP contribution is 2.34. The Kier molecular flexibility index (Phi) is 2.94. The maximum absolute atomic E-state index is 12.7. The van der Waals surface area contributed by atoms with E-state index in [4.69, 9.17) is 0 Å². The van der Waals surface area contributed by atoms with Crippen molar-refractivity contribution in [3.63, 3.8) is 0 Å². The van der Waals surface area contributed by atoms with Crippen LogP contribution in [0.2, 0.25) is 0 Å². The van der Waals surface area contributed by atoms with Gasteiger partial charge in [0.2, 0.25) is 5.91 Å². The number of nitrogens with zero attached hydrogens (tertiary/aromatic N) is 1. The highest BCUT2D eigenvalue weighted by molar-refractivity contribution is 5.97. The van der Waals surface area contributed by atoms with Crippen LogP contribution in [0.25, 0.3) is 0 Å². The second kappa shape index (κ2) is 4.60. The maximum Gasteiger partial charge on any atom is 0.230 e. The molecule has 3 rings (SSSR count). The van der Waals surface area contributed by atoms with Crippen LogP contribution in [0.15, 0.2) is 36.4 Å². The van der Waals surface area contributed by atoms with Crippen molar-refractivity contribution in [2.24, 2.45) is 5.92 Å². The minimum atomic E-state index is 0.184. The first kappa shape index (κ1) is 11.5. The Morgan fingerprint density at radius 2 is 2.11 bits per heavy atom. The lowest BCUT2D eigenvalue weighted by Crippen LogP contribution is -2.40. The van der Waals surface area contributed by atoms with Gasteiger partial charge in [-0.3, -0.25) is 4.79 Å². The number of hydrogen-bond donors (Lipinski definition) is 0. The predicted molar refractivity (Wildman–Crippen MR) is 73.6 cm³/mol. The minimum absolute atomic E-state index is 0.184. The van der Waals surface area contributed by atoms with Crippen LogP contribution >= 0.6 is 0 Å². The van der Waals surface area contributed by atoms with E-state index in [-0.39, 0.29) is 5.92 Å². The molecule has 0 saturated carbocycles. The van der Waals surface area contributed by atoms with Crippen LogP contribution in [0.3, 0.4) is 0 Å². The molecule has 2 unspecified atom stereocenters. The lowest BCUT2D eigenvalue weighted by atomic mass is 9.93. The molecule has 0 aromatic heterocycles. The van der Waals surface area contributed by atoms with Crippen molar-refractivity contribution in [1.29, 1.82) is 0 Å². The van der Waals surface area contributed by atoms with Gasteiger partial charge in [-0.05, 0) is 44.2 Å². The van der Waals surface area contributed by atoms with E-state index in [1.54, 1.807) is 0 Å². The number of benzene rings is 1. The molecule has 0 spiro atoms. The number of anilines is 1. The number of fused-ring (bicyclic) bond motifs is 1. The standard InChI is InChI=1S/C16H19NO/c1-12-11-14-9-5-6-10-15(14)17(12)16(18)13-7-3-2-4-8-13/h2-3,5-6,9-10,12-13H,4,7-8,11H2,1H3. The molecule has 2 atom stereocenters. The first-order valence-electron chi connectivity index (χ1n) is 6.83. The molecule has 1 aliphatic heterocycles. The summed E-state index contributed by atoms with van der Waals surface area (Å²) in [6, 6.07) is 8.61. The van der Waals surface area contributed by atoms with E-state index >= 15 is 0 Å². The Morgan fingerprint density at radius 1 is 1.28 bits per heavy atom. The highest BCUT2D eigenvalue weighted by atomic mass is 16.2. The van der Waals surface area contributed by atoms with Crippen molar-refractivity contribution in [1.82, 2.24) is 0 Å². The number of hydrogen-bond acceptors (Lipinski definition) is 1. The van der Waals surface area contributed by atoms with Gasteiger partial charge in [-0.1, -0.05) is 30.4 Å². The molecule has 1 aromatic rings. The zero-order valence-corrected chi connectivity index (χ0v) is 10.8. The second-order valence-electron chi connectivity index (χ2n) is 5.37. The van der Waals surface area contributed by atoms with Gasteiger partial charge in [-0.2, -0.15) is 0 Å². The predicted octanol–water partition coefficient (Wildman–Crippen LogP) is 3.32. The van der Waals surface area contributed by atoms with Gasteiger partial charge >= 0.3 is 0 Å². The SMILES string of the molecule is CC1Cc2ccccc2N1C(=O)C1CC=CCC1. The van der Waals surface area contributed by atoms with Crippen molar-refractivity contribution >= 4 is 11.6 Å². The summed E-state index contributed by atoms with van der Waals surface area (Å²) >= 11 is 0. The van der Waals surface area contributed by atoms with E-state index in [9.17, 15) is 4.79 Å². The summed E-state index contributed by atoms with van der Waals surface area (Å²) in [6.45, 7) is 2.15. The van der Waals surface area contributed by atoms with Crippen molar-refractivity contribution in [2.75, 3.05) is 4.90 Å². The summed E-state index contributed by atoms with van der Waals surface area (Å²) in [4.78, 5) is 14.7. The van der Waals surface area contributed by atoms with E-state index in [0.29, 0.717) is 11.9 Å². The molecule has 1 aliphatic carbocycles. The molecule has 18 heavy (non-hydrogen) atoms. The summed E-state index contributed by atoms with van der Waals surface area (Å²) in [5.41, 5.74) is 2.44. The minimum Gasteiger partial charge on any atom is -0.309 e. The van der Waals surface area contributed by atoms with Gasteiger partial charge in [-0.25, -0.2) is 0 Å². The third-order valence-corrected chi connectivity index (χ3v) is 4.06. The van der Waals surface area contributed by atoms with Gasteiger partial charge < -0.3 is 4.90 Å². The molecule has 1 amide bonds. The number of carbonyl (C=O) groups is 1. The molecule has 94 valence electrons. The van der Waals surface area contributed by atoms with Crippen LogP contribution < -0.4 is 4.90 Å². The molecule has 0 saturated heterocycles. The van der Waals surface area contributed by atoms with Gasteiger partial charge in [0.25, 0.3) is 0 Å². The number of carbonyl (C=O) groups excluding carboxylic acids is 1. The Labute approximate surface area is 108 Å². The van der Waals surface area contributed by atoms with E-state index in [1.165, 1.54) is 5.56 Å². The number of amides is 1. The largest absolute Gasteiger partial charge is 0.309 e. The highest BCUT2D eigenvalue weighted by Gasteiger charge is 2.34. The van der Waals surface area contributed by atoms with Crippen molar-refractivity contribution in [3.05, 3.63) is 42.0 Å². The lowest BCUT2D eigenvalue weighted by Gasteiger charge is -2.28. The molecule has 0 fully saturated rings. The third kappa shape index (κ3) is 1.86. The number of allylic oxidation sites excluding steroid dienone is 2. The zero-order valence-electron chi connectivity index (χ0n) is 10.8. The molecule has 2 aliphatic rings. The fourth-order valence-electron chi connectivity index (χ4n) is 3.12. The van der Waals surface area contributed by atoms with Crippen molar-refractivity contribution < 1.29 is 4.79 Å². The van der Waals surface area contributed by atoms with E-state index in [2.05, 4.69) is 37.3 Å². The van der Waals surface area contributed by atoms with Gasteiger partial charge in [0.05, 0.1) is 0 Å². The summed E-state index contributed by atoms with van der Waals surface area (Å²) in [5.74, 6) is 0.500. The Morgan fingerprint density at radius 3 is 2.89 bits per heavy atom. The number of para-hydroxylation sites is 1. The Balaban J connectivity index is 1.87. The molecule has 0 N–H and O–H groups in total. The molecular weight excluding hydrogens is 222 g/mol. The Bertz CT molecular complexity index is 492. The fraction of sp³-hybridized carbons (Fsp3) is 0.438. The molecule has 0 bridgehead atoms. The fourth-order valence-corrected chi connectivity index (χ4v) is 3.12. The van der Waals surface area contributed by atoms with Crippen LogP contribution in [-0.2, 0) is 11.2 Å². The topological polar surface area (TPSA) is 20.3 Å². The summed E-state index contributed by atoms with van der Waals surface area (Å²) < 4.78 is 0. The molecule has 0 radical (unpaired) electrons. The van der Waals surface area contributed by atoms with Crippen LogP contribution in [0.5, 0.6) is 0 Å². The quantitative estimate of drug-likeness (QED) is 0.691. The van der Waals surface area contributed by atoms with E-state index < -0.39 is 0 Å². The molecule has 1 aromatic carbocycles. The van der Waals surface area contributed by atoms with E-state index in [0.717, 1.165) is 31.4 Å². The molecular formula is C16H19NO. The Hall–Kier alpha value is -1.57. The zero-order chi connectivity index (χ0) is 12.5. The maximum atomic E-state index is 12.7. The van der Waals surface area contributed by atoms with Gasteiger partial charge in [-0.15, -0.1) is 0 Å². The average molecular weight is 241 g/mol. The first-order valence-corrected chi connectivity index (χ1v) is 6.83. The van der Waals surface area contributed by atoms with Crippen molar-refractivity contribution in [2.45, 2.75) is 38.6 Å². The second-order valence-corrected chi connectivity index (χ2v) is 5.37. The van der Waals surface area contributed by atoms with Crippen LogP contribution in [0, 0.1) is 5.92 Å². The summed E-state index contributed by atoms with van der Waals surface area (Å²) in [5, 5.41) is 0. The molecule has 2 heteroatoms. The van der Waals surface area contributed by atoms with E-state index in [1.807, 2.05) is 11.0 Å². The van der Waals surface area contributed by atoms with Gasteiger partial charge in [0.15, 0.2) is 0 Å². The smallest absolute Gasteiger partial charge is 0.230 e. The molecule has 1 heterocycles. The van der Waals surface area contributed by atoms with Crippen molar-refractivity contribution in [3.8, 4) is 0 Å².